The molecule has 38 heavy (non-hydrogen) atoms. The Hall–Kier alpha value is -4.34. The number of halogens is 3. The van der Waals surface area contributed by atoms with E-state index in [1.807, 2.05) is 19.1 Å². The number of aromatic nitrogens is 3. The minimum atomic E-state index is -4.46. The number of hydrogen-bond donors (Lipinski definition) is 2. The van der Waals surface area contributed by atoms with Crippen LogP contribution in [0.15, 0.2) is 66.9 Å². The molecular weight excluding hydrogens is 497 g/mol. The third-order valence-corrected chi connectivity index (χ3v) is 6.02. The summed E-state index contributed by atoms with van der Waals surface area (Å²) in [5.41, 5.74) is 2.64. The van der Waals surface area contributed by atoms with E-state index >= 15 is 0 Å². The first kappa shape index (κ1) is 26.7. The number of carboxylic acids is 1. The van der Waals surface area contributed by atoms with E-state index in [0.717, 1.165) is 12.1 Å². The van der Waals surface area contributed by atoms with Gasteiger partial charge >= 0.3 is 12.1 Å². The lowest BCUT2D eigenvalue weighted by Gasteiger charge is -2.14. The number of nitrogens with zero attached hydrogens (tertiary/aromatic N) is 3. The number of carboxylic acid groups (broad SMARTS) is 1. The van der Waals surface area contributed by atoms with Crippen LogP contribution in [-0.4, -0.2) is 31.9 Å². The Balaban J connectivity index is 1.65. The molecule has 1 atom stereocenters. The summed E-state index contributed by atoms with van der Waals surface area (Å²) in [4.78, 5) is 37.4. The molecule has 10 heteroatoms. The van der Waals surface area contributed by atoms with Crippen molar-refractivity contribution in [3.8, 4) is 11.3 Å². The molecule has 2 aromatic carbocycles. The Morgan fingerprint density at radius 1 is 0.974 bits per heavy atom. The molecule has 0 saturated heterocycles. The van der Waals surface area contributed by atoms with Gasteiger partial charge in [0.15, 0.2) is 0 Å². The Morgan fingerprint density at radius 2 is 1.74 bits per heavy atom. The summed E-state index contributed by atoms with van der Waals surface area (Å²) in [5.74, 6) is -1.23. The molecule has 4 aromatic rings. The second-order valence-electron chi connectivity index (χ2n) is 8.85. The van der Waals surface area contributed by atoms with Crippen molar-refractivity contribution >= 4 is 22.9 Å². The lowest BCUT2D eigenvalue weighted by molar-refractivity contribution is -0.138. The van der Waals surface area contributed by atoms with Crippen LogP contribution in [-0.2, 0) is 17.4 Å². The molecule has 0 spiro atoms. The number of carbonyl (C=O) groups is 2. The molecule has 0 aliphatic heterocycles. The van der Waals surface area contributed by atoms with Crippen LogP contribution in [0.4, 0.5) is 13.2 Å². The fraction of sp³-hybridized carbons (Fsp3) is 0.250. The third-order valence-electron chi connectivity index (χ3n) is 6.02. The molecule has 0 aliphatic carbocycles. The van der Waals surface area contributed by atoms with E-state index in [-0.39, 0.29) is 18.4 Å². The van der Waals surface area contributed by atoms with E-state index in [9.17, 15) is 22.8 Å². The highest BCUT2D eigenvalue weighted by molar-refractivity contribution is 5.97. The number of carbonyl (C=O) groups excluding carboxylic acids is 1. The topological polar surface area (TPSA) is 105 Å². The van der Waals surface area contributed by atoms with Gasteiger partial charge in [-0.15, -0.1) is 0 Å². The third kappa shape index (κ3) is 6.50. The van der Waals surface area contributed by atoms with Crippen LogP contribution in [0.3, 0.4) is 0 Å². The molecule has 1 amide bonds. The van der Waals surface area contributed by atoms with E-state index in [0.29, 0.717) is 58.5 Å². The molecule has 0 saturated carbocycles. The maximum absolute atomic E-state index is 13.0. The smallest absolute Gasteiger partial charge is 0.416 e. The highest BCUT2D eigenvalue weighted by Gasteiger charge is 2.30. The van der Waals surface area contributed by atoms with Gasteiger partial charge in [-0.25, -0.2) is 9.97 Å². The van der Waals surface area contributed by atoms with Crippen LogP contribution in [0, 0.1) is 0 Å². The van der Waals surface area contributed by atoms with Crippen LogP contribution in [0.2, 0.25) is 0 Å². The minimum Gasteiger partial charge on any atom is -0.481 e. The second-order valence-corrected chi connectivity index (χ2v) is 8.85. The van der Waals surface area contributed by atoms with Gasteiger partial charge in [0.25, 0.3) is 5.91 Å². The number of aliphatic carboxylic acids is 1. The molecule has 196 valence electrons. The van der Waals surface area contributed by atoms with Gasteiger partial charge < -0.3 is 10.4 Å². The first-order valence-corrected chi connectivity index (χ1v) is 12.0. The molecule has 2 heterocycles. The molecule has 0 unspecified atom stereocenters. The molecule has 2 N–H and O–H groups in total. The van der Waals surface area contributed by atoms with Gasteiger partial charge in [0.2, 0.25) is 0 Å². The van der Waals surface area contributed by atoms with Crippen molar-refractivity contribution < 1.29 is 27.9 Å². The predicted molar refractivity (Wildman–Crippen MR) is 135 cm³/mol. The van der Waals surface area contributed by atoms with Gasteiger partial charge in [-0.05, 0) is 68.7 Å². The number of benzene rings is 2. The van der Waals surface area contributed by atoms with Crippen molar-refractivity contribution in [1.29, 1.82) is 0 Å². The maximum Gasteiger partial charge on any atom is 0.416 e. The van der Waals surface area contributed by atoms with Gasteiger partial charge in [0, 0.05) is 23.7 Å². The van der Waals surface area contributed by atoms with Crippen LogP contribution in [0.5, 0.6) is 0 Å². The molecule has 0 fully saturated rings. The number of rotatable bonds is 9. The van der Waals surface area contributed by atoms with Crippen molar-refractivity contribution in [1.82, 2.24) is 20.3 Å². The van der Waals surface area contributed by atoms with Crippen molar-refractivity contribution in [3.63, 3.8) is 0 Å². The fourth-order valence-electron chi connectivity index (χ4n) is 4.01. The lowest BCUT2D eigenvalue weighted by atomic mass is 10.0. The Labute approximate surface area is 216 Å². The number of alkyl halides is 3. The summed E-state index contributed by atoms with van der Waals surface area (Å²) in [7, 11) is 0. The quantitative estimate of drug-likeness (QED) is 0.261. The number of hydrogen-bond acceptors (Lipinski definition) is 5. The number of fused-ring (bicyclic) bond motifs is 1. The van der Waals surface area contributed by atoms with Crippen LogP contribution < -0.4 is 5.32 Å². The second kappa shape index (κ2) is 11.4. The molecular formula is C28H25F3N4O3. The normalized spacial score (nSPS) is 12.3. The molecule has 7 nitrogen and oxygen atoms in total. The van der Waals surface area contributed by atoms with Gasteiger partial charge in [-0.3, -0.25) is 14.6 Å². The van der Waals surface area contributed by atoms with E-state index in [2.05, 4.69) is 15.3 Å². The summed E-state index contributed by atoms with van der Waals surface area (Å²) >= 11 is 0. The van der Waals surface area contributed by atoms with E-state index in [4.69, 9.17) is 10.1 Å². The highest BCUT2D eigenvalue weighted by Crippen LogP contribution is 2.32. The molecule has 0 radical (unpaired) electrons. The molecule has 0 bridgehead atoms. The molecule has 0 aliphatic rings. The van der Waals surface area contributed by atoms with Crippen molar-refractivity contribution in [2.45, 2.75) is 44.8 Å². The zero-order valence-corrected chi connectivity index (χ0v) is 20.5. The standard InChI is InChI=1S/C28H25F3N4O3/c1-17(21-6-4-5-15-32-21)33-27(38)19-11-14-22-24(16-19)34-23(7-2-3-8-25(36)37)26(35-22)18-9-12-20(13-10-18)28(29,30)31/h4-6,9-17H,2-3,7-8H2,1H3,(H,33,38)(H,36,37)/t17-/m0/s1. The Kier molecular flexibility index (Phi) is 7.99. The maximum atomic E-state index is 13.0. The van der Waals surface area contributed by atoms with Crippen LogP contribution in [0.25, 0.3) is 22.3 Å². The van der Waals surface area contributed by atoms with Crippen molar-refractivity contribution in [3.05, 3.63) is 89.4 Å². The predicted octanol–water partition coefficient (Wildman–Crippen LogP) is 6.00. The van der Waals surface area contributed by atoms with Crippen molar-refractivity contribution in [2.75, 3.05) is 0 Å². The van der Waals surface area contributed by atoms with Crippen LogP contribution in [0.1, 0.15) is 59.5 Å². The number of pyridine rings is 1. The number of amides is 1. The minimum absolute atomic E-state index is 0.00457. The molecule has 2 aromatic heterocycles. The summed E-state index contributed by atoms with van der Waals surface area (Å²) in [6.45, 7) is 1.83. The highest BCUT2D eigenvalue weighted by atomic mass is 19.4. The van der Waals surface area contributed by atoms with E-state index < -0.39 is 17.7 Å². The molecule has 4 rings (SSSR count). The average Bonchev–Trinajstić information content (AvgIpc) is 2.90. The Morgan fingerprint density at radius 3 is 2.39 bits per heavy atom. The number of nitrogens with one attached hydrogen (secondary N) is 1. The summed E-state index contributed by atoms with van der Waals surface area (Å²) in [6.07, 6.45) is -1.53. The van der Waals surface area contributed by atoms with Gasteiger partial charge in [-0.1, -0.05) is 18.2 Å². The monoisotopic (exact) mass is 522 g/mol. The van der Waals surface area contributed by atoms with Crippen molar-refractivity contribution in [2.24, 2.45) is 0 Å². The summed E-state index contributed by atoms with van der Waals surface area (Å²) in [6, 6.07) is 14.7. The van der Waals surface area contributed by atoms with E-state index in [1.54, 1.807) is 30.5 Å². The van der Waals surface area contributed by atoms with E-state index in [1.165, 1.54) is 12.1 Å². The lowest BCUT2D eigenvalue weighted by Crippen LogP contribution is -2.27. The first-order chi connectivity index (χ1) is 18.1. The number of aryl methyl sites for hydroxylation is 1. The zero-order chi connectivity index (χ0) is 27.3. The Bertz CT molecular complexity index is 1440. The van der Waals surface area contributed by atoms with Gasteiger partial charge in [0.1, 0.15) is 0 Å². The van der Waals surface area contributed by atoms with Gasteiger partial charge in [0.05, 0.1) is 39.7 Å². The van der Waals surface area contributed by atoms with Gasteiger partial charge in [-0.2, -0.15) is 13.2 Å². The largest absolute Gasteiger partial charge is 0.481 e. The first-order valence-electron chi connectivity index (χ1n) is 12.0. The SMILES string of the molecule is C[C@H](NC(=O)c1ccc2nc(-c3ccc(C(F)(F)F)cc3)c(CCCCC(=O)O)nc2c1)c1ccccn1. The average molecular weight is 523 g/mol. The summed E-state index contributed by atoms with van der Waals surface area (Å²) in [5, 5.41) is 11.8. The van der Waals surface area contributed by atoms with Crippen LogP contribution >= 0.6 is 0 Å². The summed E-state index contributed by atoms with van der Waals surface area (Å²) < 4.78 is 39.1. The fourth-order valence-corrected chi connectivity index (χ4v) is 4.01. The zero-order valence-electron chi connectivity index (χ0n) is 20.5. The number of unbranched alkanes of at least 4 members (excludes halogenated alkanes) is 1.